The molecule has 0 spiro atoms. The Balaban J connectivity index is 1.94. The lowest BCUT2D eigenvalue weighted by Crippen LogP contribution is -2.47. The Morgan fingerprint density at radius 3 is 2.38 bits per heavy atom. The van der Waals surface area contributed by atoms with Gasteiger partial charge in [0.2, 0.25) is 0 Å². The van der Waals surface area contributed by atoms with E-state index in [1.54, 1.807) is 48.3 Å². The van der Waals surface area contributed by atoms with Gasteiger partial charge in [-0.25, -0.2) is 9.69 Å². The molecule has 8 nitrogen and oxygen atoms in total. The first kappa shape index (κ1) is 15.9. The van der Waals surface area contributed by atoms with Gasteiger partial charge in [-0.05, 0) is 13.0 Å². The van der Waals surface area contributed by atoms with Crippen LogP contribution < -0.4 is 19.7 Å². The number of nitrogens with one attached hydrogen (secondary N) is 1. The van der Waals surface area contributed by atoms with Crippen molar-refractivity contribution < 1.29 is 19.1 Å². The van der Waals surface area contributed by atoms with Gasteiger partial charge in [0.25, 0.3) is 5.91 Å². The number of benzene rings is 1. The van der Waals surface area contributed by atoms with Gasteiger partial charge in [-0.15, -0.1) is 0 Å². The second kappa shape index (κ2) is 5.88. The minimum Gasteiger partial charge on any atom is -0.497 e. The van der Waals surface area contributed by atoms with E-state index < -0.39 is 11.6 Å². The number of ether oxygens (including phenoxy) is 2. The molecule has 24 heavy (non-hydrogen) atoms. The van der Waals surface area contributed by atoms with Gasteiger partial charge in [0.15, 0.2) is 0 Å². The van der Waals surface area contributed by atoms with Crippen LogP contribution in [0.5, 0.6) is 11.5 Å². The Morgan fingerprint density at radius 2 is 1.83 bits per heavy atom. The predicted molar refractivity (Wildman–Crippen MR) is 86.2 cm³/mol. The van der Waals surface area contributed by atoms with Gasteiger partial charge < -0.3 is 14.8 Å². The Morgan fingerprint density at radius 1 is 1.17 bits per heavy atom. The fourth-order valence-electron chi connectivity index (χ4n) is 2.67. The van der Waals surface area contributed by atoms with Crippen LogP contribution in [0.1, 0.15) is 6.92 Å². The molecule has 0 radical (unpaired) electrons. The number of imide groups is 1. The van der Waals surface area contributed by atoms with Crippen molar-refractivity contribution in [3.8, 4) is 11.5 Å². The summed E-state index contributed by atoms with van der Waals surface area (Å²) < 4.78 is 12.0. The topological polar surface area (TPSA) is 85.7 Å². The molecular weight excluding hydrogens is 312 g/mol. The molecular formula is C16H18N4O4. The minimum absolute atomic E-state index is 0.238. The van der Waals surface area contributed by atoms with E-state index in [0.29, 0.717) is 17.2 Å². The average molecular weight is 330 g/mol. The maximum atomic E-state index is 12.9. The van der Waals surface area contributed by atoms with Crippen molar-refractivity contribution in [1.29, 1.82) is 0 Å². The van der Waals surface area contributed by atoms with E-state index >= 15 is 0 Å². The second-order valence-corrected chi connectivity index (χ2v) is 5.68. The van der Waals surface area contributed by atoms with Crippen LogP contribution in [0.3, 0.4) is 0 Å². The third kappa shape index (κ3) is 2.66. The second-order valence-electron chi connectivity index (χ2n) is 5.68. The lowest BCUT2D eigenvalue weighted by atomic mass is 10.0. The van der Waals surface area contributed by atoms with Crippen molar-refractivity contribution >= 4 is 17.6 Å². The molecule has 1 fully saturated rings. The summed E-state index contributed by atoms with van der Waals surface area (Å²) in [4.78, 5) is 26.4. The SMILES string of the molecule is COc1cc(OC)cc(N2C(=O)NC(C)(Cn3cccn3)C2=O)c1. The van der Waals surface area contributed by atoms with Crippen molar-refractivity contribution in [3.63, 3.8) is 0 Å². The third-order valence-corrected chi connectivity index (χ3v) is 3.89. The van der Waals surface area contributed by atoms with Gasteiger partial charge in [0.05, 0.1) is 26.5 Å². The van der Waals surface area contributed by atoms with Crippen LogP contribution in [0.25, 0.3) is 0 Å². The number of nitrogens with zero attached hydrogens (tertiary/aromatic N) is 3. The smallest absolute Gasteiger partial charge is 0.329 e. The van der Waals surface area contributed by atoms with E-state index in [9.17, 15) is 9.59 Å². The van der Waals surface area contributed by atoms with Crippen molar-refractivity contribution in [3.05, 3.63) is 36.7 Å². The number of anilines is 1. The molecule has 2 aromatic rings. The summed E-state index contributed by atoms with van der Waals surface area (Å²) in [5, 5.41) is 6.83. The van der Waals surface area contributed by atoms with Gasteiger partial charge in [-0.1, -0.05) is 0 Å². The number of hydrogen-bond donors (Lipinski definition) is 1. The molecule has 1 aromatic heterocycles. The Labute approximate surface area is 139 Å². The molecule has 1 saturated heterocycles. The molecule has 126 valence electrons. The number of aromatic nitrogens is 2. The van der Waals surface area contributed by atoms with E-state index in [0.717, 1.165) is 4.90 Å². The maximum absolute atomic E-state index is 12.9. The summed E-state index contributed by atoms with van der Waals surface area (Å²) in [6.07, 6.45) is 3.36. The molecule has 0 saturated carbocycles. The first-order chi connectivity index (χ1) is 11.5. The molecule has 1 aromatic carbocycles. The lowest BCUT2D eigenvalue weighted by Gasteiger charge is -2.21. The monoisotopic (exact) mass is 330 g/mol. The third-order valence-electron chi connectivity index (χ3n) is 3.89. The van der Waals surface area contributed by atoms with Crippen LogP contribution in [0.15, 0.2) is 36.7 Å². The molecule has 1 atom stereocenters. The van der Waals surface area contributed by atoms with E-state index in [4.69, 9.17) is 9.47 Å². The van der Waals surface area contributed by atoms with Gasteiger partial charge in [-0.2, -0.15) is 5.10 Å². The molecule has 1 unspecified atom stereocenters. The zero-order valence-electron chi connectivity index (χ0n) is 13.6. The molecule has 3 rings (SSSR count). The van der Waals surface area contributed by atoms with Crippen LogP contribution in [0.4, 0.5) is 10.5 Å². The molecule has 2 heterocycles. The van der Waals surface area contributed by atoms with Crippen molar-refractivity contribution in [2.24, 2.45) is 0 Å². The van der Waals surface area contributed by atoms with E-state index in [1.165, 1.54) is 14.2 Å². The van der Waals surface area contributed by atoms with E-state index in [1.807, 2.05) is 0 Å². The highest BCUT2D eigenvalue weighted by Gasteiger charge is 2.49. The summed E-state index contributed by atoms with van der Waals surface area (Å²) in [6.45, 7) is 1.91. The quantitative estimate of drug-likeness (QED) is 0.838. The van der Waals surface area contributed by atoms with Gasteiger partial charge in [-0.3, -0.25) is 9.48 Å². The minimum atomic E-state index is -1.08. The molecule has 0 aliphatic carbocycles. The van der Waals surface area contributed by atoms with Gasteiger partial charge in [0, 0.05) is 30.6 Å². The fraction of sp³-hybridized carbons (Fsp3) is 0.312. The predicted octanol–water partition coefficient (Wildman–Crippen LogP) is 1.42. The highest BCUT2D eigenvalue weighted by Crippen LogP contribution is 2.32. The first-order valence-corrected chi connectivity index (χ1v) is 7.34. The number of carbonyl (C=O) groups is 2. The fourth-order valence-corrected chi connectivity index (χ4v) is 2.67. The molecule has 3 amide bonds. The van der Waals surface area contributed by atoms with Gasteiger partial charge in [0.1, 0.15) is 17.0 Å². The summed E-state index contributed by atoms with van der Waals surface area (Å²) >= 11 is 0. The van der Waals surface area contributed by atoms with Crippen molar-refractivity contribution in [2.45, 2.75) is 19.0 Å². The largest absolute Gasteiger partial charge is 0.497 e. The number of carbonyl (C=O) groups excluding carboxylic acids is 2. The summed E-state index contributed by atoms with van der Waals surface area (Å²) in [7, 11) is 3.01. The van der Waals surface area contributed by atoms with Gasteiger partial charge >= 0.3 is 6.03 Å². The summed E-state index contributed by atoms with van der Waals surface area (Å²) in [6, 6.07) is 6.16. The molecule has 1 N–H and O–H groups in total. The highest BCUT2D eigenvalue weighted by molar-refractivity contribution is 6.23. The van der Waals surface area contributed by atoms with Crippen molar-refractivity contribution in [1.82, 2.24) is 15.1 Å². The number of hydrogen-bond acceptors (Lipinski definition) is 5. The summed E-state index contributed by atoms with van der Waals surface area (Å²) in [5.41, 5.74) is -0.697. The Bertz CT molecular complexity index is 752. The zero-order chi connectivity index (χ0) is 17.3. The van der Waals surface area contributed by atoms with E-state index in [2.05, 4.69) is 10.4 Å². The Kier molecular flexibility index (Phi) is 3.88. The molecule has 8 heteroatoms. The van der Waals surface area contributed by atoms with E-state index in [-0.39, 0.29) is 12.5 Å². The first-order valence-electron chi connectivity index (χ1n) is 7.34. The van der Waals surface area contributed by atoms with Crippen LogP contribution in [-0.4, -0.2) is 41.5 Å². The van der Waals surface area contributed by atoms with Crippen molar-refractivity contribution in [2.75, 3.05) is 19.1 Å². The Hall–Kier alpha value is -3.03. The summed E-state index contributed by atoms with van der Waals surface area (Å²) in [5.74, 6) is 0.620. The lowest BCUT2D eigenvalue weighted by molar-refractivity contribution is -0.122. The molecule has 0 bridgehead atoms. The zero-order valence-corrected chi connectivity index (χ0v) is 13.6. The van der Waals surface area contributed by atoms with Crippen LogP contribution in [-0.2, 0) is 11.3 Å². The number of methoxy groups -OCH3 is 2. The van der Waals surface area contributed by atoms with Crippen LogP contribution in [0, 0.1) is 0 Å². The normalized spacial score (nSPS) is 20.2. The highest BCUT2D eigenvalue weighted by atomic mass is 16.5. The number of urea groups is 1. The van der Waals surface area contributed by atoms with Crippen LogP contribution in [0.2, 0.25) is 0 Å². The average Bonchev–Trinajstić information content (AvgIpc) is 3.13. The number of rotatable bonds is 5. The van der Waals surface area contributed by atoms with Crippen LogP contribution >= 0.6 is 0 Å². The number of amides is 3. The molecule has 1 aliphatic heterocycles. The molecule has 1 aliphatic rings. The standard InChI is InChI=1S/C16H18N4O4/c1-16(10-19-6-4-5-17-19)14(21)20(15(22)18-16)11-7-12(23-2)9-13(8-11)24-3/h4-9H,10H2,1-3H3,(H,18,22). The maximum Gasteiger partial charge on any atom is 0.329 e.